The molecule has 0 atom stereocenters. The molecule has 0 saturated carbocycles. The lowest BCUT2D eigenvalue weighted by molar-refractivity contribution is -0.226. The number of rotatable bonds is 3. The van der Waals surface area contributed by atoms with Gasteiger partial charge in [-0.15, -0.1) is 0 Å². The molecule has 1 aromatic rings. The Balaban J connectivity index is 2.03. The van der Waals surface area contributed by atoms with Gasteiger partial charge in [0, 0.05) is 25.3 Å². The maximum Gasteiger partial charge on any atom is 0.183 e. The van der Waals surface area contributed by atoms with Crippen LogP contribution in [-0.4, -0.2) is 33.1 Å². The van der Waals surface area contributed by atoms with E-state index in [-0.39, 0.29) is 12.1 Å². The molecular weight excluding hydrogens is 242 g/mol. The van der Waals surface area contributed by atoms with Crippen molar-refractivity contribution in [1.82, 2.24) is 0 Å². The van der Waals surface area contributed by atoms with Gasteiger partial charge in [0.05, 0.1) is 18.6 Å². The van der Waals surface area contributed by atoms with Crippen molar-refractivity contribution < 1.29 is 14.3 Å². The molecule has 2 rings (SSSR count). The third-order valence-electron chi connectivity index (χ3n) is 3.64. The molecule has 0 N–H and O–H groups in total. The standard InChI is InChI=1S/C15H21NO3/c1-11(17)15(2)9-18-14(19-10-15)12-5-7-13(8-6-12)16(3)4/h5-8,14H,9-10H2,1-4H3. The Hall–Kier alpha value is -1.39. The fourth-order valence-corrected chi connectivity index (χ4v) is 1.93. The van der Waals surface area contributed by atoms with Crippen molar-refractivity contribution in [1.29, 1.82) is 0 Å². The van der Waals surface area contributed by atoms with Gasteiger partial charge in [-0.25, -0.2) is 0 Å². The van der Waals surface area contributed by atoms with E-state index in [9.17, 15) is 4.79 Å². The zero-order valence-electron chi connectivity index (χ0n) is 12.0. The van der Waals surface area contributed by atoms with Gasteiger partial charge in [-0.05, 0) is 26.0 Å². The Bertz CT molecular complexity index is 445. The van der Waals surface area contributed by atoms with E-state index in [4.69, 9.17) is 9.47 Å². The maximum absolute atomic E-state index is 11.5. The first-order valence-corrected chi connectivity index (χ1v) is 6.44. The highest BCUT2D eigenvalue weighted by Gasteiger charge is 2.37. The molecule has 0 aromatic heterocycles. The molecule has 1 aromatic carbocycles. The topological polar surface area (TPSA) is 38.8 Å². The van der Waals surface area contributed by atoms with E-state index in [1.165, 1.54) is 0 Å². The van der Waals surface area contributed by atoms with Gasteiger partial charge in [-0.1, -0.05) is 12.1 Å². The van der Waals surface area contributed by atoms with Crippen molar-refractivity contribution in [3.05, 3.63) is 29.8 Å². The predicted octanol–water partition coefficient (Wildman–Crippen LogP) is 2.39. The molecule has 1 aliphatic heterocycles. The van der Waals surface area contributed by atoms with Crippen LogP contribution < -0.4 is 4.90 Å². The number of carbonyl (C=O) groups excluding carboxylic acids is 1. The Morgan fingerprint density at radius 3 is 2.16 bits per heavy atom. The van der Waals surface area contributed by atoms with E-state index >= 15 is 0 Å². The second-order valence-corrected chi connectivity index (χ2v) is 5.56. The van der Waals surface area contributed by atoms with E-state index in [0.717, 1.165) is 11.3 Å². The van der Waals surface area contributed by atoms with Crippen LogP contribution in [0.2, 0.25) is 0 Å². The average Bonchev–Trinajstić information content (AvgIpc) is 2.39. The smallest absolute Gasteiger partial charge is 0.183 e. The van der Waals surface area contributed by atoms with Gasteiger partial charge in [0.15, 0.2) is 6.29 Å². The summed E-state index contributed by atoms with van der Waals surface area (Å²) in [7, 11) is 4.00. The molecule has 1 fully saturated rings. The van der Waals surface area contributed by atoms with Crippen molar-refractivity contribution in [3.63, 3.8) is 0 Å². The molecule has 0 bridgehead atoms. The van der Waals surface area contributed by atoms with E-state index in [1.807, 2.05) is 50.2 Å². The molecule has 0 radical (unpaired) electrons. The molecule has 0 spiro atoms. The van der Waals surface area contributed by atoms with Gasteiger partial charge in [-0.3, -0.25) is 4.79 Å². The van der Waals surface area contributed by atoms with Gasteiger partial charge in [0.2, 0.25) is 0 Å². The number of benzene rings is 1. The Kier molecular flexibility index (Phi) is 3.92. The molecule has 0 amide bonds. The molecule has 0 unspecified atom stereocenters. The number of anilines is 1. The molecule has 1 heterocycles. The minimum absolute atomic E-state index is 0.105. The van der Waals surface area contributed by atoms with Crippen molar-refractivity contribution >= 4 is 11.5 Å². The minimum atomic E-state index is -0.514. The lowest BCUT2D eigenvalue weighted by atomic mass is 9.88. The Labute approximate surface area is 114 Å². The Morgan fingerprint density at radius 2 is 1.74 bits per heavy atom. The summed E-state index contributed by atoms with van der Waals surface area (Å²) in [6.07, 6.45) is -0.372. The average molecular weight is 263 g/mol. The summed E-state index contributed by atoms with van der Waals surface area (Å²) < 4.78 is 11.4. The fraction of sp³-hybridized carbons (Fsp3) is 0.533. The third kappa shape index (κ3) is 2.96. The van der Waals surface area contributed by atoms with E-state index in [1.54, 1.807) is 6.92 Å². The SMILES string of the molecule is CC(=O)C1(C)COC(c2ccc(N(C)C)cc2)OC1. The van der Waals surface area contributed by atoms with Crippen LogP contribution in [0.15, 0.2) is 24.3 Å². The highest BCUT2D eigenvalue weighted by atomic mass is 16.7. The number of ketones is 1. The summed E-state index contributed by atoms with van der Waals surface area (Å²) in [5.41, 5.74) is 1.60. The lowest BCUT2D eigenvalue weighted by Gasteiger charge is -2.35. The van der Waals surface area contributed by atoms with Crippen LogP contribution in [-0.2, 0) is 14.3 Å². The van der Waals surface area contributed by atoms with Gasteiger partial charge >= 0.3 is 0 Å². The number of hydrogen-bond donors (Lipinski definition) is 0. The minimum Gasteiger partial charge on any atom is -0.378 e. The van der Waals surface area contributed by atoms with E-state index in [0.29, 0.717) is 13.2 Å². The second kappa shape index (κ2) is 5.31. The van der Waals surface area contributed by atoms with Crippen molar-refractivity contribution in [2.45, 2.75) is 20.1 Å². The van der Waals surface area contributed by atoms with E-state index in [2.05, 4.69) is 0 Å². The van der Waals surface area contributed by atoms with Gasteiger partial charge in [0.25, 0.3) is 0 Å². The number of nitrogens with zero attached hydrogens (tertiary/aromatic N) is 1. The van der Waals surface area contributed by atoms with Gasteiger partial charge in [-0.2, -0.15) is 0 Å². The lowest BCUT2D eigenvalue weighted by Crippen LogP contribution is -2.41. The fourth-order valence-electron chi connectivity index (χ4n) is 1.93. The highest BCUT2D eigenvalue weighted by molar-refractivity contribution is 5.82. The summed E-state index contributed by atoms with van der Waals surface area (Å²) in [4.78, 5) is 13.6. The zero-order chi connectivity index (χ0) is 14.0. The van der Waals surface area contributed by atoms with Crippen molar-refractivity contribution in [3.8, 4) is 0 Å². The van der Waals surface area contributed by atoms with Crippen LogP contribution in [0.1, 0.15) is 25.7 Å². The number of carbonyl (C=O) groups is 1. The van der Waals surface area contributed by atoms with Crippen LogP contribution in [0.25, 0.3) is 0 Å². The van der Waals surface area contributed by atoms with Crippen LogP contribution in [0.5, 0.6) is 0 Å². The molecule has 19 heavy (non-hydrogen) atoms. The highest BCUT2D eigenvalue weighted by Crippen LogP contribution is 2.32. The van der Waals surface area contributed by atoms with E-state index < -0.39 is 5.41 Å². The quantitative estimate of drug-likeness (QED) is 0.839. The molecule has 1 aliphatic rings. The summed E-state index contributed by atoms with van der Waals surface area (Å²) in [5.74, 6) is 0.105. The number of ether oxygens (including phenoxy) is 2. The molecule has 4 heteroatoms. The third-order valence-corrected chi connectivity index (χ3v) is 3.64. The van der Waals surface area contributed by atoms with Crippen LogP contribution in [0, 0.1) is 5.41 Å². The largest absolute Gasteiger partial charge is 0.378 e. The summed E-state index contributed by atoms with van der Waals surface area (Å²) in [6.45, 7) is 4.27. The predicted molar refractivity (Wildman–Crippen MR) is 74.2 cm³/mol. The van der Waals surface area contributed by atoms with Crippen LogP contribution >= 0.6 is 0 Å². The Morgan fingerprint density at radius 1 is 1.21 bits per heavy atom. The van der Waals surface area contributed by atoms with Gasteiger partial charge < -0.3 is 14.4 Å². The normalized spacial score (nSPS) is 27.1. The molecule has 0 aliphatic carbocycles. The first-order chi connectivity index (χ1) is 8.92. The zero-order valence-corrected chi connectivity index (χ0v) is 12.0. The van der Waals surface area contributed by atoms with Crippen LogP contribution in [0.3, 0.4) is 0 Å². The monoisotopic (exact) mass is 263 g/mol. The summed E-state index contributed by atoms with van der Waals surface area (Å²) in [6, 6.07) is 8.05. The first-order valence-electron chi connectivity index (χ1n) is 6.44. The summed E-state index contributed by atoms with van der Waals surface area (Å²) in [5, 5.41) is 0. The molecule has 1 saturated heterocycles. The van der Waals surface area contributed by atoms with Gasteiger partial charge in [0.1, 0.15) is 5.78 Å². The first kappa shape index (κ1) is 14.0. The molecular formula is C15H21NO3. The van der Waals surface area contributed by atoms with Crippen molar-refractivity contribution in [2.24, 2.45) is 5.41 Å². The number of Topliss-reactive ketones (excluding diaryl/α,β-unsaturated/α-hetero) is 1. The summed E-state index contributed by atoms with van der Waals surface area (Å²) >= 11 is 0. The van der Waals surface area contributed by atoms with Crippen LogP contribution in [0.4, 0.5) is 5.69 Å². The number of hydrogen-bond acceptors (Lipinski definition) is 4. The maximum atomic E-state index is 11.5. The second-order valence-electron chi connectivity index (χ2n) is 5.56. The van der Waals surface area contributed by atoms with Crippen molar-refractivity contribution in [2.75, 3.05) is 32.2 Å². The molecule has 4 nitrogen and oxygen atoms in total. The molecule has 104 valence electrons.